The van der Waals surface area contributed by atoms with E-state index in [-0.39, 0.29) is 12.4 Å². The molecule has 3 heterocycles. The third-order valence-electron chi connectivity index (χ3n) is 4.25. The lowest BCUT2D eigenvalue weighted by atomic mass is 10.1. The first kappa shape index (κ1) is 16.5. The molecule has 25 heavy (non-hydrogen) atoms. The molecule has 0 radical (unpaired) electrons. The molecule has 0 fully saturated rings. The Labute approximate surface area is 156 Å². The van der Waals surface area contributed by atoms with E-state index in [0.29, 0.717) is 16.3 Å². The van der Waals surface area contributed by atoms with E-state index in [2.05, 4.69) is 25.9 Å². The van der Waals surface area contributed by atoms with Gasteiger partial charge in [-0.1, -0.05) is 6.42 Å². The standard InChI is InChI=1S/C17H16BrN3O3S/c18-12-7-6-10(24-12)17(22)23-8-13-20-15(19)14-9-4-2-1-3-5-11(9)25-16(14)21-13/h6-7H,1-5,8H2,(H2,19,20,21). The normalized spacial score (nSPS) is 14.3. The van der Waals surface area contributed by atoms with Crippen LogP contribution in [0.3, 0.4) is 0 Å². The third kappa shape index (κ3) is 3.28. The molecule has 0 amide bonds. The summed E-state index contributed by atoms with van der Waals surface area (Å²) in [4.78, 5) is 23.1. The Hall–Kier alpha value is -1.93. The fourth-order valence-electron chi connectivity index (χ4n) is 3.10. The Morgan fingerprint density at radius 1 is 1.28 bits per heavy atom. The van der Waals surface area contributed by atoms with Gasteiger partial charge in [0.1, 0.15) is 10.6 Å². The van der Waals surface area contributed by atoms with Crippen molar-refractivity contribution in [2.24, 2.45) is 0 Å². The molecule has 0 spiro atoms. The zero-order chi connectivity index (χ0) is 17.4. The highest BCUT2D eigenvalue weighted by Gasteiger charge is 2.20. The number of anilines is 1. The molecule has 8 heteroatoms. The number of hydrogen-bond acceptors (Lipinski definition) is 7. The van der Waals surface area contributed by atoms with Crippen molar-refractivity contribution < 1.29 is 13.9 Å². The molecule has 3 aromatic heterocycles. The van der Waals surface area contributed by atoms with Gasteiger partial charge in [0, 0.05) is 4.88 Å². The average Bonchev–Trinajstić information content (AvgIpc) is 3.10. The Bertz CT molecular complexity index is 950. The van der Waals surface area contributed by atoms with Gasteiger partial charge in [-0.15, -0.1) is 11.3 Å². The van der Waals surface area contributed by atoms with Crippen LogP contribution < -0.4 is 5.73 Å². The summed E-state index contributed by atoms with van der Waals surface area (Å²) >= 11 is 4.83. The van der Waals surface area contributed by atoms with Crippen LogP contribution in [0.25, 0.3) is 10.2 Å². The molecule has 1 aliphatic rings. The van der Waals surface area contributed by atoms with Gasteiger partial charge in [-0.2, -0.15) is 0 Å². The molecule has 1 aliphatic carbocycles. The zero-order valence-electron chi connectivity index (χ0n) is 13.4. The van der Waals surface area contributed by atoms with Crippen LogP contribution in [0, 0.1) is 0 Å². The number of esters is 1. The number of rotatable bonds is 3. The molecule has 2 N–H and O–H groups in total. The van der Waals surface area contributed by atoms with E-state index < -0.39 is 5.97 Å². The largest absolute Gasteiger partial charge is 0.452 e. The van der Waals surface area contributed by atoms with Gasteiger partial charge in [0.25, 0.3) is 0 Å². The van der Waals surface area contributed by atoms with Crippen LogP contribution in [0.5, 0.6) is 0 Å². The molecule has 4 rings (SSSR count). The third-order valence-corrected chi connectivity index (χ3v) is 5.86. The lowest BCUT2D eigenvalue weighted by molar-refractivity contribution is 0.0425. The number of carbonyl (C=O) groups excluding carboxylic acids is 1. The number of carbonyl (C=O) groups is 1. The average molecular weight is 422 g/mol. The van der Waals surface area contributed by atoms with Crippen LogP contribution in [-0.4, -0.2) is 15.9 Å². The highest BCUT2D eigenvalue weighted by molar-refractivity contribution is 9.10. The molecule has 0 atom stereocenters. The quantitative estimate of drug-likeness (QED) is 0.501. The maximum Gasteiger partial charge on any atom is 0.374 e. The van der Waals surface area contributed by atoms with E-state index in [9.17, 15) is 4.79 Å². The summed E-state index contributed by atoms with van der Waals surface area (Å²) in [5.41, 5.74) is 7.49. The summed E-state index contributed by atoms with van der Waals surface area (Å²) in [7, 11) is 0. The molecule has 0 saturated heterocycles. The van der Waals surface area contributed by atoms with Crippen LogP contribution in [0.15, 0.2) is 21.2 Å². The molecule has 0 unspecified atom stereocenters. The molecular weight excluding hydrogens is 406 g/mol. The van der Waals surface area contributed by atoms with Crippen molar-refractivity contribution in [2.75, 3.05) is 5.73 Å². The second-order valence-electron chi connectivity index (χ2n) is 5.95. The number of fused-ring (bicyclic) bond motifs is 3. The fraction of sp³-hybridized carbons (Fsp3) is 0.353. The van der Waals surface area contributed by atoms with Crippen molar-refractivity contribution >= 4 is 49.3 Å². The van der Waals surface area contributed by atoms with E-state index in [1.807, 2.05) is 0 Å². The van der Waals surface area contributed by atoms with Gasteiger partial charge in [0.2, 0.25) is 5.76 Å². The Balaban J connectivity index is 1.57. The molecule has 0 aromatic carbocycles. The highest BCUT2D eigenvalue weighted by atomic mass is 79.9. The molecular formula is C17H16BrN3O3S. The molecule has 130 valence electrons. The van der Waals surface area contributed by atoms with Crippen LogP contribution in [-0.2, 0) is 24.2 Å². The number of nitrogen functional groups attached to an aromatic ring is 1. The number of nitrogens with two attached hydrogens (primary N) is 1. The predicted octanol–water partition coefficient (Wildman–Crippen LogP) is 4.25. The summed E-state index contributed by atoms with van der Waals surface area (Å²) in [6, 6.07) is 3.18. The van der Waals surface area contributed by atoms with Crippen molar-refractivity contribution in [3.8, 4) is 0 Å². The van der Waals surface area contributed by atoms with Gasteiger partial charge in [-0.25, -0.2) is 14.8 Å². The first-order valence-electron chi connectivity index (χ1n) is 8.11. The van der Waals surface area contributed by atoms with E-state index >= 15 is 0 Å². The summed E-state index contributed by atoms with van der Waals surface area (Å²) in [6.45, 7) is -0.0418. The summed E-state index contributed by atoms with van der Waals surface area (Å²) < 4.78 is 10.9. The number of nitrogens with zero attached hydrogens (tertiary/aromatic N) is 2. The van der Waals surface area contributed by atoms with Gasteiger partial charge in [-0.3, -0.25) is 0 Å². The smallest absolute Gasteiger partial charge is 0.374 e. The second kappa shape index (κ2) is 6.76. The molecule has 0 saturated carbocycles. The minimum absolute atomic E-state index is 0.0418. The minimum atomic E-state index is -0.560. The molecule has 0 aliphatic heterocycles. The number of aryl methyl sites for hydroxylation is 2. The van der Waals surface area contributed by atoms with Crippen molar-refractivity contribution in [1.29, 1.82) is 0 Å². The Kier molecular flexibility index (Phi) is 4.47. The van der Waals surface area contributed by atoms with Gasteiger partial charge in [-0.05, 0) is 59.3 Å². The Morgan fingerprint density at radius 2 is 2.12 bits per heavy atom. The van der Waals surface area contributed by atoms with Crippen molar-refractivity contribution in [1.82, 2.24) is 9.97 Å². The topological polar surface area (TPSA) is 91.2 Å². The summed E-state index contributed by atoms with van der Waals surface area (Å²) in [5.74, 6) is 0.440. The number of hydrogen-bond donors (Lipinski definition) is 1. The van der Waals surface area contributed by atoms with Crippen LogP contribution in [0.4, 0.5) is 5.82 Å². The summed E-state index contributed by atoms with van der Waals surface area (Å²) in [5, 5.41) is 0.979. The van der Waals surface area contributed by atoms with Crippen molar-refractivity contribution in [2.45, 2.75) is 38.7 Å². The first-order chi connectivity index (χ1) is 12.1. The molecule has 6 nitrogen and oxygen atoms in total. The van der Waals surface area contributed by atoms with E-state index in [4.69, 9.17) is 14.9 Å². The summed E-state index contributed by atoms with van der Waals surface area (Å²) in [6.07, 6.45) is 5.74. The van der Waals surface area contributed by atoms with Crippen LogP contribution in [0.1, 0.15) is 46.1 Å². The monoisotopic (exact) mass is 421 g/mol. The molecule has 3 aromatic rings. The van der Waals surface area contributed by atoms with Gasteiger partial charge >= 0.3 is 5.97 Å². The second-order valence-corrected chi connectivity index (χ2v) is 7.81. The first-order valence-corrected chi connectivity index (χ1v) is 9.72. The van der Waals surface area contributed by atoms with E-state index in [1.165, 1.54) is 29.7 Å². The number of aromatic nitrogens is 2. The number of halogens is 1. The lowest BCUT2D eigenvalue weighted by Crippen LogP contribution is -2.08. The van der Waals surface area contributed by atoms with Gasteiger partial charge in [0.15, 0.2) is 17.1 Å². The van der Waals surface area contributed by atoms with E-state index in [1.54, 1.807) is 23.5 Å². The number of thiophene rings is 1. The Morgan fingerprint density at radius 3 is 2.92 bits per heavy atom. The maximum absolute atomic E-state index is 12.0. The minimum Gasteiger partial charge on any atom is -0.452 e. The van der Waals surface area contributed by atoms with E-state index in [0.717, 1.165) is 23.1 Å². The van der Waals surface area contributed by atoms with Gasteiger partial charge in [0.05, 0.1) is 5.39 Å². The highest BCUT2D eigenvalue weighted by Crippen LogP contribution is 2.37. The number of furan rings is 1. The van der Waals surface area contributed by atoms with Crippen LogP contribution >= 0.6 is 27.3 Å². The molecule has 0 bridgehead atoms. The SMILES string of the molecule is Nc1nc(COC(=O)c2ccc(Br)o2)nc2sc3c(c12)CCCCC3. The van der Waals surface area contributed by atoms with Crippen LogP contribution in [0.2, 0.25) is 0 Å². The zero-order valence-corrected chi connectivity index (χ0v) is 15.8. The van der Waals surface area contributed by atoms with Gasteiger partial charge < -0.3 is 14.9 Å². The van der Waals surface area contributed by atoms with Crippen molar-refractivity contribution in [3.05, 3.63) is 38.8 Å². The number of ether oxygens (including phenoxy) is 1. The fourth-order valence-corrected chi connectivity index (χ4v) is 4.69. The van der Waals surface area contributed by atoms with Crippen molar-refractivity contribution in [3.63, 3.8) is 0 Å². The maximum atomic E-state index is 12.0. The predicted molar refractivity (Wildman–Crippen MR) is 98.6 cm³/mol. The lowest BCUT2D eigenvalue weighted by Gasteiger charge is -2.05.